The number of hydrogen-bond donors (Lipinski definition) is 1. The van der Waals surface area contributed by atoms with Crippen LogP contribution in [0.1, 0.15) is 31.9 Å². The van der Waals surface area contributed by atoms with E-state index in [0.29, 0.717) is 11.3 Å². The predicted molar refractivity (Wildman–Crippen MR) is 67.8 cm³/mol. The third-order valence-electron chi connectivity index (χ3n) is 2.71. The quantitative estimate of drug-likeness (QED) is 0.844. The third-order valence-corrected chi connectivity index (χ3v) is 4.42. The van der Waals surface area contributed by atoms with E-state index in [4.69, 9.17) is 11.6 Å². The number of benzene rings is 1. The van der Waals surface area contributed by atoms with Crippen LogP contribution in [0.25, 0.3) is 0 Å². The van der Waals surface area contributed by atoms with Crippen molar-refractivity contribution in [3.63, 3.8) is 0 Å². The summed E-state index contributed by atoms with van der Waals surface area (Å²) < 4.78 is 0. The van der Waals surface area contributed by atoms with Crippen molar-refractivity contribution in [1.82, 2.24) is 5.32 Å². The maximum Gasteiger partial charge on any atom is 0.0545 e. The Morgan fingerprint density at radius 1 is 1.53 bits per heavy atom. The first-order valence-corrected chi connectivity index (χ1v) is 6.66. The molecule has 2 unspecified atom stereocenters. The third kappa shape index (κ3) is 2.32. The van der Waals surface area contributed by atoms with Crippen molar-refractivity contribution in [3.05, 3.63) is 28.8 Å². The molecule has 0 saturated heterocycles. The molecule has 0 saturated carbocycles. The standard InChI is InChI=1S/C12H16ClNS/c1-3-14-11-7-8(2)15-12-9(11)5-4-6-10(12)13/h4-6,8,11,14H,3,7H2,1-2H3. The highest BCUT2D eigenvalue weighted by Crippen LogP contribution is 2.43. The Morgan fingerprint density at radius 3 is 3.07 bits per heavy atom. The molecule has 0 amide bonds. The fraction of sp³-hybridized carbons (Fsp3) is 0.500. The number of hydrogen-bond acceptors (Lipinski definition) is 2. The summed E-state index contributed by atoms with van der Waals surface area (Å²) in [6, 6.07) is 6.68. The van der Waals surface area contributed by atoms with Gasteiger partial charge in [-0.3, -0.25) is 0 Å². The van der Waals surface area contributed by atoms with Crippen molar-refractivity contribution in [2.45, 2.75) is 36.5 Å². The van der Waals surface area contributed by atoms with Crippen LogP contribution in [-0.2, 0) is 0 Å². The van der Waals surface area contributed by atoms with Gasteiger partial charge >= 0.3 is 0 Å². The minimum absolute atomic E-state index is 0.472. The number of rotatable bonds is 2. The lowest BCUT2D eigenvalue weighted by Crippen LogP contribution is -2.26. The maximum absolute atomic E-state index is 6.22. The monoisotopic (exact) mass is 241 g/mol. The van der Waals surface area contributed by atoms with E-state index in [1.165, 1.54) is 16.9 Å². The molecule has 0 aliphatic carbocycles. The van der Waals surface area contributed by atoms with Gasteiger partial charge in [-0.2, -0.15) is 0 Å². The summed E-state index contributed by atoms with van der Waals surface area (Å²) in [4.78, 5) is 1.27. The van der Waals surface area contributed by atoms with Crippen molar-refractivity contribution in [3.8, 4) is 0 Å². The van der Waals surface area contributed by atoms with Crippen LogP contribution in [0, 0.1) is 0 Å². The number of thioether (sulfide) groups is 1. The van der Waals surface area contributed by atoms with E-state index in [2.05, 4.69) is 25.2 Å². The first-order chi connectivity index (χ1) is 7.22. The Balaban J connectivity index is 2.37. The van der Waals surface area contributed by atoms with E-state index in [9.17, 15) is 0 Å². The predicted octanol–water partition coefficient (Wildman–Crippen LogP) is 3.87. The summed E-state index contributed by atoms with van der Waals surface area (Å²) in [6.45, 7) is 5.42. The molecular weight excluding hydrogens is 226 g/mol. The number of nitrogens with one attached hydrogen (secondary N) is 1. The van der Waals surface area contributed by atoms with Crippen molar-refractivity contribution in [2.75, 3.05) is 6.54 Å². The lowest BCUT2D eigenvalue weighted by atomic mass is 10.0. The van der Waals surface area contributed by atoms with Crippen LogP contribution in [0.3, 0.4) is 0 Å². The van der Waals surface area contributed by atoms with Gasteiger partial charge in [-0.15, -0.1) is 11.8 Å². The summed E-state index contributed by atoms with van der Waals surface area (Å²) in [5, 5.41) is 5.06. The van der Waals surface area contributed by atoms with E-state index in [1.807, 2.05) is 23.9 Å². The first-order valence-electron chi connectivity index (χ1n) is 5.40. The minimum atomic E-state index is 0.472. The number of fused-ring (bicyclic) bond motifs is 1. The molecule has 2 rings (SSSR count). The van der Waals surface area contributed by atoms with Crippen LogP contribution in [0.15, 0.2) is 23.1 Å². The molecule has 0 fully saturated rings. The molecule has 0 aromatic heterocycles. The average molecular weight is 242 g/mol. The summed E-state index contributed by atoms with van der Waals surface area (Å²) in [5.41, 5.74) is 1.37. The fourth-order valence-corrected chi connectivity index (χ4v) is 3.61. The Labute approximate surface area is 101 Å². The Bertz CT molecular complexity index is 353. The second kappa shape index (κ2) is 4.77. The summed E-state index contributed by atoms with van der Waals surface area (Å²) in [6.07, 6.45) is 1.19. The van der Waals surface area contributed by atoms with Gasteiger partial charge in [0.05, 0.1) is 5.02 Å². The van der Waals surface area contributed by atoms with Gasteiger partial charge in [0.15, 0.2) is 0 Å². The van der Waals surface area contributed by atoms with E-state index in [0.717, 1.165) is 11.6 Å². The molecule has 1 aromatic carbocycles. The van der Waals surface area contributed by atoms with Gasteiger partial charge in [0.25, 0.3) is 0 Å². The van der Waals surface area contributed by atoms with Crippen molar-refractivity contribution in [1.29, 1.82) is 0 Å². The van der Waals surface area contributed by atoms with Crippen LogP contribution in [-0.4, -0.2) is 11.8 Å². The highest BCUT2D eigenvalue weighted by molar-refractivity contribution is 8.00. The molecule has 1 N–H and O–H groups in total. The number of halogens is 1. The zero-order chi connectivity index (χ0) is 10.8. The van der Waals surface area contributed by atoms with Gasteiger partial charge < -0.3 is 5.32 Å². The minimum Gasteiger partial charge on any atom is -0.310 e. The molecule has 82 valence electrons. The molecule has 1 aliphatic rings. The van der Waals surface area contributed by atoms with Crippen LogP contribution < -0.4 is 5.32 Å². The van der Waals surface area contributed by atoms with E-state index in [-0.39, 0.29) is 0 Å². The molecule has 0 bridgehead atoms. The zero-order valence-corrected chi connectivity index (χ0v) is 10.7. The molecule has 1 aromatic rings. The Kier molecular flexibility index (Phi) is 3.60. The molecule has 1 aliphatic heterocycles. The second-order valence-electron chi connectivity index (χ2n) is 3.93. The highest BCUT2D eigenvalue weighted by atomic mass is 35.5. The first kappa shape index (κ1) is 11.3. The molecule has 1 heterocycles. The second-order valence-corrected chi connectivity index (χ2v) is 5.79. The lowest BCUT2D eigenvalue weighted by Gasteiger charge is -2.30. The smallest absolute Gasteiger partial charge is 0.0545 e. The molecule has 15 heavy (non-hydrogen) atoms. The Hall–Kier alpha value is -0.180. The van der Waals surface area contributed by atoms with Gasteiger partial charge in [-0.1, -0.05) is 37.6 Å². The van der Waals surface area contributed by atoms with E-state index >= 15 is 0 Å². The fourth-order valence-electron chi connectivity index (χ4n) is 2.07. The lowest BCUT2D eigenvalue weighted by molar-refractivity contribution is 0.500. The zero-order valence-electron chi connectivity index (χ0n) is 9.09. The van der Waals surface area contributed by atoms with Crippen LogP contribution in [0.4, 0.5) is 0 Å². The maximum atomic E-state index is 6.22. The highest BCUT2D eigenvalue weighted by Gasteiger charge is 2.25. The molecule has 2 atom stereocenters. The van der Waals surface area contributed by atoms with Crippen LogP contribution >= 0.6 is 23.4 Å². The topological polar surface area (TPSA) is 12.0 Å². The summed E-state index contributed by atoms with van der Waals surface area (Å²) >= 11 is 8.12. The summed E-state index contributed by atoms with van der Waals surface area (Å²) in [7, 11) is 0. The van der Waals surface area contributed by atoms with Crippen LogP contribution in [0.5, 0.6) is 0 Å². The normalized spacial score (nSPS) is 25.0. The summed E-state index contributed by atoms with van der Waals surface area (Å²) in [5.74, 6) is 0. The molecular formula is C12H16ClNS. The largest absolute Gasteiger partial charge is 0.310 e. The van der Waals surface area contributed by atoms with Gasteiger partial charge in [0.1, 0.15) is 0 Å². The van der Waals surface area contributed by atoms with Gasteiger partial charge in [0, 0.05) is 16.2 Å². The van der Waals surface area contributed by atoms with Crippen molar-refractivity contribution < 1.29 is 0 Å². The molecule has 1 nitrogen and oxygen atoms in total. The van der Waals surface area contributed by atoms with Crippen molar-refractivity contribution >= 4 is 23.4 Å². The SMILES string of the molecule is CCNC1CC(C)Sc2c(Cl)cccc21. The van der Waals surface area contributed by atoms with Gasteiger partial charge in [0.2, 0.25) is 0 Å². The molecule has 3 heteroatoms. The van der Waals surface area contributed by atoms with Gasteiger partial charge in [-0.25, -0.2) is 0 Å². The van der Waals surface area contributed by atoms with Crippen LogP contribution in [0.2, 0.25) is 5.02 Å². The molecule has 0 radical (unpaired) electrons. The van der Waals surface area contributed by atoms with E-state index < -0.39 is 0 Å². The van der Waals surface area contributed by atoms with Crippen molar-refractivity contribution in [2.24, 2.45) is 0 Å². The molecule has 0 spiro atoms. The van der Waals surface area contributed by atoms with Gasteiger partial charge in [-0.05, 0) is 24.6 Å². The average Bonchev–Trinajstić information content (AvgIpc) is 2.20. The van der Waals surface area contributed by atoms with E-state index in [1.54, 1.807) is 0 Å². The Morgan fingerprint density at radius 2 is 2.33 bits per heavy atom.